The summed E-state index contributed by atoms with van der Waals surface area (Å²) in [7, 11) is 0. The molecule has 2 amide bonds. The predicted molar refractivity (Wildman–Crippen MR) is 109 cm³/mol. The summed E-state index contributed by atoms with van der Waals surface area (Å²) < 4.78 is 39.0. The van der Waals surface area contributed by atoms with Gasteiger partial charge in [0.1, 0.15) is 0 Å². The summed E-state index contributed by atoms with van der Waals surface area (Å²) in [5.41, 5.74) is 2.99. The monoisotopic (exact) mass is 410 g/mol. The van der Waals surface area contributed by atoms with Crippen LogP contribution in [0.15, 0.2) is 78.9 Å². The summed E-state index contributed by atoms with van der Waals surface area (Å²) in [6.45, 7) is 0.876. The van der Waals surface area contributed by atoms with E-state index in [2.05, 4.69) is 5.32 Å². The molecule has 0 aromatic heterocycles. The van der Waals surface area contributed by atoms with Crippen molar-refractivity contribution in [2.75, 3.05) is 6.54 Å². The lowest BCUT2D eigenvalue weighted by atomic mass is 9.88. The van der Waals surface area contributed by atoms with E-state index in [1.807, 2.05) is 54.6 Å². The lowest BCUT2D eigenvalue weighted by Crippen LogP contribution is -2.45. The molecule has 6 heteroatoms. The molecule has 0 aliphatic carbocycles. The van der Waals surface area contributed by atoms with E-state index in [9.17, 15) is 18.0 Å². The standard InChI is InChI=1S/C24H21F3N2O/c25-24(26,27)20-12-10-19(11-13-20)22-21-9-5-4-8-18(21)14-15-29(22)23(30)28-16-17-6-2-1-3-7-17/h1-13,22H,14-16H2,(H,28,30). The van der Waals surface area contributed by atoms with E-state index in [4.69, 9.17) is 0 Å². The summed E-state index contributed by atoms with van der Waals surface area (Å²) in [6, 6.07) is 21.8. The predicted octanol–water partition coefficient (Wildman–Crippen LogP) is 5.56. The van der Waals surface area contributed by atoms with Crippen LogP contribution >= 0.6 is 0 Å². The van der Waals surface area contributed by atoms with Gasteiger partial charge in [0.2, 0.25) is 0 Å². The molecule has 0 fully saturated rings. The van der Waals surface area contributed by atoms with Crippen molar-refractivity contribution in [1.82, 2.24) is 10.2 Å². The fraction of sp³-hybridized carbons (Fsp3) is 0.208. The zero-order valence-corrected chi connectivity index (χ0v) is 16.2. The SMILES string of the molecule is O=C(NCc1ccccc1)N1CCc2ccccc2C1c1ccc(C(F)(F)F)cc1. The lowest BCUT2D eigenvalue weighted by molar-refractivity contribution is -0.137. The molecule has 1 aliphatic rings. The number of carbonyl (C=O) groups excluding carboxylic acids is 1. The normalized spacial score (nSPS) is 16.1. The number of hydrogen-bond acceptors (Lipinski definition) is 1. The molecule has 0 bridgehead atoms. The minimum absolute atomic E-state index is 0.238. The quantitative estimate of drug-likeness (QED) is 0.602. The maximum Gasteiger partial charge on any atom is 0.416 e. The summed E-state index contributed by atoms with van der Waals surface area (Å²) in [5, 5.41) is 2.94. The van der Waals surface area contributed by atoms with Crippen LogP contribution in [0.2, 0.25) is 0 Å². The van der Waals surface area contributed by atoms with Crippen LogP contribution in [0, 0.1) is 0 Å². The second kappa shape index (κ2) is 8.22. The van der Waals surface area contributed by atoms with Crippen molar-refractivity contribution >= 4 is 6.03 Å². The van der Waals surface area contributed by atoms with Gasteiger partial charge < -0.3 is 10.2 Å². The van der Waals surface area contributed by atoms with Crippen molar-refractivity contribution in [3.8, 4) is 0 Å². The smallest absolute Gasteiger partial charge is 0.334 e. The molecule has 4 rings (SSSR count). The number of alkyl halides is 3. The summed E-state index contributed by atoms with van der Waals surface area (Å²) in [6.07, 6.45) is -3.69. The summed E-state index contributed by atoms with van der Waals surface area (Å²) in [5.74, 6) is 0. The van der Waals surface area contributed by atoms with Crippen LogP contribution in [-0.2, 0) is 19.1 Å². The van der Waals surface area contributed by atoms with Gasteiger partial charge in [-0.3, -0.25) is 0 Å². The molecule has 1 unspecified atom stereocenters. The lowest BCUT2D eigenvalue weighted by Gasteiger charge is -2.37. The molecule has 3 aromatic carbocycles. The number of carbonyl (C=O) groups is 1. The molecule has 0 radical (unpaired) electrons. The zero-order chi connectivity index (χ0) is 21.1. The van der Waals surface area contributed by atoms with Gasteiger partial charge in [-0.2, -0.15) is 13.2 Å². The van der Waals surface area contributed by atoms with Crippen molar-refractivity contribution < 1.29 is 18.0 Å². The number of benzene rings is 3. The highest BCUT2D eigenvalue weighted by Crippen LogP contribution is 2.37. The Kier molecular flexibility index (Phi) is 5.48. The minimum atomic E-state index is -4.39. The first-order valence-corrected chi connectivity index (χ1v) is 9.77. The molecule has 3 aromatic rings. The van der Waals surface area contributed by atoms with Gasteiger partial charge in [-0.15, -0.1) is 0 Å². The van der Waals surface area contributed by atoms with E-state index < -0.39 is 17.8 Å². The molecule has 1 atom stereocenters. The number of amides is 2. The first-order chi connectivity index (χ1) is 14.4. The third kappa shape index (κ3) is 4.17. The van der Waals surface area contributed by atoms with Crippen molar-refractivity contribution in [3.63, 3.8) is 0 Å². The number of fused-ring (bicyclic) bond motifs is 1. The molecule has 0 spiro atoms. The van der Waals surface area contributed by atoms with E-state index in [0.29, 0.717) is 25.1 Å². The fourth-order valence-corrected chi connectivity index (χ4v) is 3.87. The van der Waals surface area contributed by atoms with Crippen molar-refractivity contribution in [1.29, 1.82) is 0 Å². The Labute approximate surface area is 173 Å². The third-order valence-electron chi connectivity index (χ3n) is 5.38. The van der Waals surface area contributed by atoms with Crippen LogP contribution in [-0.4, -0.2) is 17.5 Å². The van der Waals surface area contributed by atoms with Gasteiger partial charge >= 0.3 is 12.2 Å². The van der Waals surface area contributed by atoms with E-state index in [0.717, 1.165) is 28.8 Å². The Balaban J connectivity index is 1.63. The van der Waals surface area contributed by atoms with Crippen molar-refractivity contribution in [3.05, 3.63) is 107 Å². The van der Waals surface area contributed by atoms with Crippen LogP contribution in [0.1, 0.15) is 33.9 Å². The van der Waals surface area contributed by atoms with E-state index >= 15 is 0 Å². The average Bonchev–Trinajstić information content (AvgIpc) is 2.77. The number of hydrogen-bond donors (Lipinski definition) is 1. The largest absolute Gasteiger partial charge is 0.416 e. The second-order valence-corrected chi connectivity index (χ2v) is 7.31. The van der Waals surface area contributed by atoms with E-state index in [-0.39, 0.29) is 6.03 Å². The second-order valence-electron chi connectivity index (χ2n) is 7.31. The third-order valence-corrected chi connectivity index (χ3v) is 5.38. The van der Waals surface area contributed by atoms with E-state index in [1.54, 1.807) is 4.90 Å². The van der Waals surface area contributed by atoms with Gasteiger partial charge in [0.05, 0.1) is 11.6 Å². The number of halogens is 3. The molecule has 30 heavy (non-hydrogen) atoms. The zero-order valence-electron chi connectivity index (χ0n) is 16.2. The number of urea groups is 1. The summed E-state index contributed by atoms with van der Waals surface area (Å²) >= 11 is 0. The summed E-state index contributed by atoms with van der Waals surface area (Å²) in [4.78, 5) is 14.7. The van der Waals surface area contributed by atoms with Gasteiger partial charge in [0.25, 0.3) is 0 Å². The Bertz CT molecular complexity index is 1020. The fourth-order valence-electron chi connectivity index (χ4n) is 3.87. The average molecular weight is 410 g/mol. The van der Waals surface area contributed by atoms with Crippen LogP contribution in [0.5, 0.6) is 0 Å². The highest BCUT2D eigenvalue weighted by atomic mass is 19.4. The number of nitrogens with zero attached hydrogens (tertiary/aromatic N) is 1. The molecule has 1 heterocycles. The topological polar surface area (TPSA) is 32.3 Å². The molecule has 1 aliphatic heterocycles. The molecule has 3 nitrogen and oxygen atoms in total. The first-order valence-electron chi connectivity index (χ1n) is 9.77. The molecule has 1 N–H and O–H groups in total. The van der Waals surface area contributed by atoms with Crippen LogP contribution in [0.4, 0.5) is 18.0 Å². The van der Waals surface area contributed by atoms with Crippen molar-refractivity contribution in [2.24, 2.45) is 0 Å². The Hall–Kier alpha value is -3.28. The maximum absolute atomic E-state index is 13.0. The molecular weight excluding hydrogens is 389 g/mol. The highest BCUT2D eigenvalue weighted by molar-refractivity contribution is 5.76. The Morgan fingerprint density at radius 3 is 2.30 bits per heavy atom. The Morgan fingerprint density at radius 1 is 0.933 bits per heavy atom. The number of nitrogens with one attached hydrogen (secondary N) is 1. The minimum Gasteiger partial charge on any atom is -0.334 e. The first kappa shape index (κ1) is 20.0. The van der Waals surface area contributed by atoms with Gasteiger partial charge in [0, 0.05) is 13.1 Å². The van der Waals surface area contributed by atoms with Gasteiger partial charge in [0.15, 0.2) is 0 Å². The van der Waals surface area contributed by atoms with Gasteiger partial charge in [-0.25, -0.2) is 4.79 Å². The van der Waals surface area contributed by atoms with Crippen molar-refractivity contribution in [2.45, 2.75) is 25.2 Å². The molecule has 154 valence electrons. The highest BCUT2D eigenvalue weighted by Gasteiger charge is 2.34. The van der Waals surface area contributed by atoms with Gasteiger partial charge in [-0.1, -0.05) is 66.7 Å². The molecule has 0 saturated carbocycles. The van der Waals surface area contributed by atoms with Crippen LogP contribution in [0.3, 0.4) is 0 Å². The maximum atomic E-state index is 13.0. The molecular formula is C24H21F3N2O. The van der Waals surface area contributed by atoms with Gasteiger partial charge in [-0.05, 0) is 40.8 Å². The van der Waals surface area contributed by atoms with E-state index in [1.165, 1.54) is 12.1 Å². The Morgan fingerprint density at radius 2 is 1.60 bits per heavy atom. The van der Waals surface area contributed by atoms with Crippen LogP contribution < -0.4 is 5.32 Å². The van der Waals surface area contributed by atoms with Crippen LogP contribution in [0.25, 0.3) is 0 Å². The molecule has 0 saturated heterocycles. The number of rotatable bonds is 3.